The molecule has 0 N–H and O–H groups in total. The molecule has 0 unspecified atom stereocenters. The quantitative estimate of drug-likeness (QED) is 0.460. The lowest BCUT2D eigenvalue weighted by Gasteiger charge is -2.08. The van der Waals surface area contributed by atoms with E-state index < -0.39 is 0 Å². The summed E-state index contributed by atoms with van der Waals surface area (Å²) in [6.07, 6.45) is 6.96. The molecule has 0 saturated carbocycles. The maximum Gasteiger partial charge on any atom is 0.148 e. The molecular formula is C19H11BrN2O. The van der Waals surface area contributed by atoms with E-state index in [1.807, 2.05) is 12.1 Å². The number of hydrogen-bond acceptors (Lipinski definition) is 3. The van der Waals surface area contributed by atoms with Gasteiger partial charge in [0.1, 0.15) is 12.4 Å². The standard InChI is InChI=1S/C19H11BrN2O/c1-2-9-23-19-8-7-18(20)11-16(19)10-17(13-22)15-5-3-14(12-21)4-6-15/h1,3-8,10-11H,9H2/b17-10+. The molecule has 2 rings (SSSR count). The van der Waals surface area contributed by atoms with Gasteiger partial charge >= 0.3 is 0 Å². The first kappa shape index (κ1) is 16.4. The Hall–Kier alpha value is -3.00. The third kappa shape index (κ3) is 4.24. The van der Waals surface area contributed by atoms with Crippen LogP contribution >= 0.6 is 15.9 Å². The predicted octanol–water partition coefficient (Wildman–Crippen LogP) is 4.40. The van der Waals surface area contributed by atoms with Gasteiger partial charge in [-0.2, -0.15) is 10.5 Å². The van der Waals surface area contributed by atoms with Crippen LogP contribution in [0.3, 0.4) is 0 Å². The third-order valence-corrected chi connectivity index (χ3v) is 3.52. The van der Waals surface area contributed by atoms with Crippen molar-refractivity contribution in [2.24, 2.45) is 0 Å². The van der Waals surface area contributed by atoms with Crippen LogP contribution in [-0.4, -0.2) is 6.61 Å². The molecule has 2 aromatic rings. The topological polar surface area (TPSA) is 56.8 Å². The fourth-order valence-electron chi connectivity index (χ4n) is 1.94. The van der Waals surface area contributed by atoms with Crippen molar-refractivity contribution in [1.82, 2.24) is 0 Å². The number of benzene rings is 2. The van der Waals surface area contributed by atoms with Crippen LogP contribution in [0.2, 0.25) is 0 Å². The van der Waals surface area contributed by atoms with Crippen molar-refractivity contribution in [3.8, 4) is 30.2 Å². The number of nitrogens with zero attached hydrogens (tertiary/aromatic N) is 2. The van der Waals surface area contributed by atoms with E-state index in [0.29, 0.717) is 16.9 Å². The van der Waals surface area contributed by atoms with Gasteiger partial charge in [-0.3, -0.25) is 0 Å². The Balaban J connectivity index is 2.45. The molecule has 0 aliphatic rings. The maximum atomic E-state index is 9.44. The van der Waals surface area contributed by atoms with Crippen molar-refractivity contribution >= 4 is 27.6 Å². The lowest BCUT2D eigenvalue weighted by atomic mass is 10.0. The Bertz CT molecular complexity index is 862. The molecule has 0 amide bonds. The van der Waals surface area contributed by atoms with Gasteiger partial charge in [-0.05, 0) is 42.0 Å². The largest absolute Gasteiger partial charge is 0.480 e. The summed E-state index contributed by atoms with van der Waals surface area (Å²) in [6, 6.07) is 16.6. The average Bonchev–Trinajstić information content (AvgIpc) is 2.59. The van der Waals surface area contributed by atoms with E-state index in [-0.39, 0.29) is 6.61 Å². The Morgan fingerprint density at radius 1 is 1.17 bits per heavy atom. The van der Waals surface area contributed by atoms with E-state index >= 15 is 0 Å². The molecule has 0 aromatic heterocycles. The Labute approximate surface area is 143 Å². The Morgan fingerprint density at radius 2 is 1.91 bits per heavy atom. The molecule has 3 nitrogen and oxygen atoms in total. The number of allylic oxidation sites excluding steroid dienone is 1. The number of terminal acetylenes is 1. The summed E-state index contributed by atoms with van der Waals surface area (Å²) in [7, 11) is 0. The first-order valence-corrected chi connectivity index (χ1v) is 7.45. The monoisotopic (exact) mass is 362 g/mol. The van der Waals surface area contributed by atoms with Crippen molar-refractivity contribution in [3.63, 3.8) is 0 Å². The molecule has 0 heterocycles. The molecule has 0 bridgehead atoms. The molecule has 0 aliphatic carbocycles. The number of ether oxygens (including phenoxy) is 1. The molecule has 0 aliphatic heterocycles. The molecule has 0 saturated heterocycles. The second-order valence-corrected chi connectivity index (χ2v) is 5.45. The van der Waals surface area contributed by atoms with E-state index in [1.54, 1.807) is 36.4 Å². The summed E-state index contributed by atoms with van der Waals surface area (Å²) in [5.74, 6) is 3.02. The first-order valence-electron chi connectivity index (χ1n) is 6.66. The zero-order chi connectivity index (χ0) is 16.7. The third-order valence-electron chi connectivity index (χ3n) is 3.03. The van der Waals surface area contributed by atoms with Crippen molar-refractivity contribution in [3.05, 3.63) is 63.6 Å². The SMILES string of the molecule is C#CCOc1ccc(Br)cc1/C=C(\C#N)c1ccc(C#N)cc1. The van der Waals surface area contributed by atoms with Gasteiger partial charge in [-0.15, -0.1) is 6.42 Å². The van der Waals surface area contributed by atoms with Crippen LogP contribution in [0.15, 0.2) is 46.9 Å². The van der Waals surface area contributed by atoms with Gasteiger partial charge < -0.3 is 4.74 Å². The van der Waals surface area contributed by atoms with Crippen LogP contribution in [0.5, 0.6) is 5.75 Å². The van der Waals surface area contributed by atoms with Gasteiger partial charge in [0.05, 0.1) is 23.3 Å². The lowest BCUT2D eigenvalue weighted by molar-refractivity contribution is 0.369. The summed E-state index contributed by atoms with van der Waals surface area (Å²) >= 11 is 3.41. The predicted molar refractivity (Wildman–Crippen MR) is 93.1 cm³/mol. The summed E-state index contributed by atoms with van der Waals surface area (Å²) in [4.78, 5) is 0. The molecule has 0 radical (unpaired) electrons. The van der Waals surface area contributed by atoms with Crippen LogP contribution in [0, 0.1) is 35.0 Å². The minimum absolute atomic E-state index is 0.154. The zero-order valence-electron chi connectivity index (χ0n) is 12.1. The van der Waals surface area contributed by atoms with Crippen LogP contribution in [-0.2, 0) is 0 Å². The second-order valence-electron chi connectivity index (χ2n) is 4.53. The van der Waals surface area contributed by atoms with E-state index in [1.165, 1.54) is 0 Å². The van der Waals surface area contributed by atoms with Crippen LogP contribution < -0.4 is 4.74 Å². The molecule has 23 heavy (non-hydrogen) atoms. The van der Waals surface area contributed by atoms with E-state index in [2.05, 4.69) is 34.0 Å². The maximum absolute atomic E-state index is 9.44. The average molecular weight is 363 g/mol. The smallest absolute Gasteiger partial charge is 0.148 e. The van der Waals surface area contributed by atoms with Crippen molar-refractivity contribution < 1.29 is 4.74 Å². The highest BCUT2D eigenvalue weighted by atomic mass is 79.9. The van der Waals surface area contributed by atoms with Crippen LogP contribution in [0.25, 0.3) is 11.6 Å². The van der Waals surface area contributed by atoms with E-state index in [9.17, 15) is 5.26 Å². The van der Waals surface area contributed by atoms with Crippen molar-refractivity contribution in [1.29, 1.82) is 10.5 Å². The van der Waals surface area contributed by atoms with E-state index in [0.717, 1.165) is 15.6 Å². The second kappa shape index (κ2) is 7.85. The molecule has 2 aromatic carbocycles. The zero-order valence-corrected chi connectivity index (χ0v) is 13.7. The summed E-state index contributed by atoms with van der Waals surface area (Å²) < 4.78 is 6.37. The normalized spacial score (nSPS) is 10.3. The summed E-state index contributed by atoms with van der Waals surface area (Å²) in [5, 5.41) is 18.3. The highest BCUT2D eigenvalue weighted by Crippen LogP contribution is 2.28. The van der Waals surface area contributed by atoms with Gasteiger partial charge in [-0.1, -0.05) is 34.0 Å². The molecule has 0 atom stereocenters. The van der Waals surface area contributed by atoms with Gasteiger partial charge in [0, 0.05) is 10.0 Å². The highest BCUT2D eigenvalue weighted by Gasteiger charge is 2.06. The molecule has 0 fully saturated rings. The lowest BCUT2D eigenvalue weighted by Crippen LogP contribution is -1.96. The van der Waals surface area contributed by atoms with Crippen LogP contribution in [0.4, 0.5) is 0 Å². The number of halogens is 1. The van der Waals surface area contributed by atoms with Crippen molar-refractivity contribution in [2.45, 2.75) is 0 Å². The van der Waals surface area contributed by atoms with Gasteiger partial charge in [0.25, 0.3) is 0 Å². The molecule has 0 spiro atoms. The minimum atomic E-state index is 0.154. The Morgan fingerprint density at radius 3 is 2.52 bits per heavy atom. The first-order chi connectivity index (χ1) is 11.2. The van der Waals surface area contributed by atoms with Gasteiger partial charge in [-0.25, -0.2) is 0 Å². The van der Waals surface area contributed by atoms with Gasteiger partial charge in [0.2, 0.25) is 0 Å². The van der Waals surface area contributed by atoms with E-state index in [4.69, 9.17) is 16.4 Å². The number of hydrogen-bond donors (Lipinski definition) is 0. The fraction of sp³-hybridized carbons (Fsp3) is 0.0526. The highest BCUT2D eigenvalue weighted by molar-refractivity contribution is 9.10. The Kier molecular flexibility index (Phi) is 5.59. The summed E-state index contributed by atoms with van der Waals surface area (Å²) in [5.41, 5.74) is 2.49. The molecular weight excluding hydrogens is 352 g/mol. The molecule has 110 valence electrons. The number of rotatable bonds is 4. The van der Waals surface area contributed by atoms with Gasteiger partial charge in [0.15, 0.2) is 0 Å². The summed E-state index contributed by atoms with van der Waals surface area (Å²) in [6.45, 7) is 0.154. The number of nitriles is 2. The molecule has 4 heteroatoms. The fourth-order valence-corrected chi connectivity index (χ4v) is 2.32. The van der Waals surface area contributed by atoms with Crippen molar-refractivity contribution in [2.75, 3.05) is 6.61 Å². The van der Waals surface area contributed by atoms with Crippen LogP contribution in [0.1, 0.15) is 16.7 Å². The minimum Gasteiger partial charge on any atom is -0.480 e.